The molecule has 6 nitrogen and oxygen atoms in total. The molecule has 0 saturated carbocycles. The van der Waals surface area contributed by atoms with Crippen molar-refractivity contribution in [1.29, 1.82) is 0 Å². The van der Waals surface area contributed by atoms with Gasteiger partial charge in [0.1, 0.15) is 12.3 Å². The molecule has 2 rings (SSSR count). The molecule has 0 saturated heterocycles. The Morgan fingerprint density at radius 1 is 1.11 bits per heavy atom. The molecule has 0 aliphatic heterocycles. The van der Waals surface area contributed by atoms with Gasteiger partial charge in [-0.2, -0.15) is 0 Å². The number of hydrogen-bond donors (Lipinski definition) is 2. The fourth-order valence-electron chi connectivity index (χ4n) is 2.50. The summed E-state index contributed by atoms with van der Waals surface area (Å²) in [6.45, 7) is 10.5. The predicted octanol–water partition coefficient (Wildman–Crippen LogP) is 4.51. The van der Waals surface area contributed by atoms with Gasteiger partial charge < -0.3 is 24.5 Å². The summed E-state index contributed by atoms with van der Waals surface area (Å²) in [6, 6.07) is 9.85. The molecule has 2 N–H and O–H groups in total. The van der Waals surface area contributed by atoms with E-state index in [2.05, 4.69) is 22.5 Å². The van der Waals surface area contributed by atoms with Crippen LogP contribution < -0.4 is 20.1 Å². The summed E-state index contributed by atoms with van der Waals surface area (Å²) in [5, 5.41) is 6.68. The van der Waals surface area contributed by atoms with Crippen molar-refractivity contribution in [1.82, 2.24) is 10.6 Å². The van der Waals surface area contributed by atoms with Crippen LogP contribution in [0.25, 0.3) is 0 Å². The zero-order valence-corrected chi connectivity index (χ0v) is 18.8. The van der Waals surface area contributed by atoms with Gasteiger partial charge in [-0.15, -0.1) is 24.0 Å². The zero-order valence-electron chi connectivity index (χ0n) is 16.5. The second kappa shape index (κ2) is 12.5. The lowest BCUT2D eigenvalue weighted by atomic mass is 10.1. The lowest BCUT2D eigenvalue weighted by Gasteiger charge is -2.20. The molecule has 0 bridgehead atoms. The van der Waals surface area contributed by atoms with Crippen LogP contribution in [0.1, 0.15) is 45.1 Å². The summed E-state index contributed by atoms with van der Waals surface area (Å²) in [5.41, 5.74) is 1.10. The molecule has 27 heavy (non-hydrogen) atoms. The van der Waals surface area contributed by atoms with Crippen LogP contribution in [0, 0.1) is 0 Å². The molecule has 0 spiro atoms. The Labute approximate surface area is 178 Å². The third-order valence-electron chi connectivity index (χ3n) is 3.74. The fourth-order valence-corrected chi connectivity index (χ4v) is 2.50. The van der Waals surface area contributed by atoms with Crippen LogP contribution >= 0.6 is 24.0 Å². The number of benzene rings is 1. The molecule has 7 heteroatoms. The third kappa shape index (κ3) is 7.32. The molecule has 1 aromatic carbocycles. The molecule has 0 aliphatic carbocycles. The number of hydrogen-bond acceptors (Lipinski definition) is 4. The first-order valence-corrected chi connectivity index (χ1v) is 9.14. The van der Waals surface area contributed by atoms with Crippen molar-refractivity contribution in [3.8, 4) is 11.5 Å². The first-order chi connectivity index (χ1) is 12.7. The largest absolute Gasteiger partial charge is 0.490 e. The van der Waals surface area contributed by atoms with Gasteiger partial charge in [0.15, 0.2) is 17.5 Å². The van der Waals surface area contributed by atoms with Crippen LogP contribution in [0.2, 0.25) is 0 Å². The van der Waals surface area contributed by atoms with E-state index in [-0.39, 0.29) is 30.0 Å². The Morgan fingerprint density at radius 3 is 2.48 bits per heavy atom. The Morgan fingerprint density at radius 2 is 1.85 bits per heavy atom. The van der Waals surface area contributed by atoms with E-state index < -0.39 is 0 Å². The van der Waals surface area contributed by atoms with Crippen LogP contribution in [0.15, 0.2) is 46.0 Å². The van der Waals surface area contributed by atoms with Crippen molar-refractivity contribution < 1.29 is 13.9 Å². The van der Waals surface area contributed by atoms with E-state index in [4.69, 9.17) is 13.9 Å². The highest BCUT2D eigenvalue weighted by Gasteiger charge is 2.12. The van der Waals surface area contributed by atoms with Crippen LogP contribution in [-0.4, -0.2) is 25.7 Å². The van der Waals surface area contributed by atoms with E-state index in [1.54, 1.807) is 6.26 Å². The Hall–Kier alpha value is -1.90. The van der Waals surface area contributed by atoms with Crippen molar-refractivity contribution in [2.45, 2.75) is 40.3 Å². The summed E-state index contributed by atoms with van der Waals surface area (Å²) in [7, 11) is 0. The normalized spacial score (nSPS) is 12.1. The van der Waals surface area contributed by atoms with Gasteiger partial charge in [-0.25, -0.2) is 4.99 Å². The Bertz CT molecular complexity index is 690. The topological polar surface area (TPSA) is 68.0 Å². The summed E-state index contributed by atoms with van der Waals surface area (Å²) in [4.78, 5) is 4.57. The van der Waals surface area contributed by atoms with E-state index in [1.165, 1.54) is 0 Å². The van der Waals surface area contributed by atoms with Crippen LogP contribution in [0.3, 0.4) is 0 Å². The molecule has 1 heterocycles. The highest BCUT2D eigenvalue weighted by molar-refractivity contribution is 14.0. The quantitative estimate of drug-likeness (QED) is 0.310. The molecule has 0 aliphatic rings. The van der Waals surface area contributed by atoms with E-state index in [1.807, 2.05) is 51.1 Å². The number of nitrogens with zero attached hydrogens (tertiary/aromatic N) is 1. The van der Waals surface area contributed by atoms with Gasteiger partial charge >= 0.3 is 0 Å². The van der Waals surface area contributed by atoms with Crippen molar-refractivity contribution >= 4 is 29.9 Å². The summed E-state index contributed by atoms with van der Waals surface area (Å²) < 4.78 is 16.7. The van der Waals surface area contributed by atoms with Crippen molar-refractivity contribution in [3.63, 3.8) is 0 Å². The predicted molar refractivity (Wildman–Crippen MR) is 119 cm³/mol. The monoisotopic (exact) mass is 487 g/mol. The first kappa shape index (κ1) is 23.1. The maximum atomic E-state index is 5.72. The summed E-state index contributed by atoms with van der Waals surface area (Å²) in [5.74, 6) is 3.10. The summed E-state index contributed by atoms with van der Waals surface area (Å²) >= 11 is 0. The zero-order chi connectivity index (χ0) is 18.8. The third-order valence-corrected chi connectivity index (χ3v) is 3.74. The van der Waals surface area contributed by atoms with Gasteiger partial charge in [0, 0.05) is 6.54 Å². The molecule has 0 radical (unpaired) electrons. The minimum Gasteiger partial charge on any atom is -0.490 e. The SMILES string of the molecule is CCNC(=NCc1ccco1)NC(C)c1ccc(OCC)c(OCC)c1.I. The average molecular weight is 487 g/mol. The van der Waals surface area contributed by atoms with Crippen molar-refractivity contribution in [2.24, 2.45) is 4.99 Å². The smallest absolute Gasteiger partial charge is 0.192 e. The van der Waals surface area contributed by atoms with Gasteiger partial charge in [-0.1, -0.05) is 6.07 Å². The van der Waals surface area contributed by atoms with Gasteiger partial charge in [-0.3, -0.25) is 0 Å². The van der Waals surface area contributed by atoms with E-state index in [9.17, 15) is 0 Å². The van der Waals surface area contributed by atoms with Gasteiger partial charge in [0.05, 0.1) is 25.5 Å². The number of furan rings is 1. The van der Waals surface area contributed by atoms with E-state index in [0.717, 1.165) is 35.3 Å². The molecular weight excluding hydrogens is 457 g/mol. The van der Waals surface area contributed by atoms with Gasteiger partial charge in [0.2, 0.25) is 0 Å². The minimum absolute atomic E-state index is 0. The molecule has 0 amide bonds. The molecular formula is C20H30IN3O3. The minimum atomic E-state index is 0. The number of halogens is 1. The van der Waals surface area contributed by atoms with Gasteiger partial charge in [0.25, 0.3) is 0 Å². The van der Waals surface area contributed by atoms with Crippen LogP contribution in [0.5, 0.6) is 11.5 Å². The molecule has 1 aromatic heterocycles. The average Bonchev–Trinajstić information content (AvgIpc) is 3.15. The number of rotatable bonds is 9. The molecule has 1 unspecified atom stereocenters. The fraction of sp³-hybridized carbons (Fsp3) is 0.450. The van der Waals surface area contributed by atoms with Crippen molar-refractivity contribution in [2.75, 3.05) is 19.8 Å². The second-order valence-electron chi connectivity index (χ2n) is 5.71. The summed E-state index contributed by atoms with van der Waals surface area (Å²) in [6.07, 6.45) is 1.66. The molecule has 0 fully saturated rings. The molecule has 1 atom stereocenters. The Balaban J connectivity index is 0.00000364. The number of ether oxygens (including phenoxy) is 2. The van der Waals surface area contributed by atoms with Crippen molar-refractivity contribution in [3.05, 3.63) is 47.9 Å². The highest BCUT2D eigenvalue weighted by Crippen LogP contribution is 2.30. The van der Waals surface area contributed by atoms with Gasteiger partial charge in [-0.05, 0) is 57.5 Å². The molecule has 2 aromatic rings. The highest BCUT2D eigenvalue weighted by atomic mass is 127. The van der Waals surface area contributed by atoms with Crippen LogP contribution in [-0.2, 0) is 6.54 Å². The van der Waals surface area contributed by atoms with E-state index >= 15 is 0 Å². The van der Waals surface area contributed by atoms with E-state index in [0.29, 0.717) is 19.8 Å². The lowest BCUT2D eigenvalue weighted by molar-refractivity contribution is 0.287. The molecule has 150 valence electrons. The first-order valence-electron chi connectivity index (χ1n) is 9.14. The number of nitrogens with one attached hydrogen (secondary N) is 2. The number of aliphatic imine (C=N–C) groups is 1. The maximum absolute atomic E-state index is 5.72. The number of guanidine groups is 1. The van der Waals surface area contributed by atoms with Crippen LogP contribution in [0.4, 0.5) is 0 Å². The maximum Gasteiger partial charge on any atom is 0.192 e. The lowest BCUT2D eigenvalue weighted by Crippen LogP contribution is -2.38. The second-order valence-corrected chi connectivity index (χ2v) is 5.71. The Kier molecular flexibility index (Phi) is 10.7. The standard InChI is InChI=1S/C20H29N3O3.HI/c1-5-21-20(22-14-17-9-8-12-26-17)23-15(4)16-10-11-18(24-6-2)19(13-16)25-7-3;/h8-13,15H,5-7,14H2,1-4H3,(H2,21,22,23);1H.